The lowest BCUT2D eigenvalue weighted by molar-refractivity contribution is 0.149. The standard InChI is InChI=1S/C73H124O12S/c1-10-19-28-37-46-76-61-55-64(79-49-40-31-22-13-4)70(65(56-61)80-50-41-32-23-14-5)86(85-73(74)75,71-66(81-51-42-33-24-15-6)57-62(77-47-38-29-20-11-2)58-67(71)82-52-43-34-25-16-7)72-68(83-53-44-35-26-17-8)59-63(78-48-39-30-21-12-3)60-69(72)84-54-45-36-27-18-9/h55-60H,10-54H2,1-9H3,(H,74,75). The second-order valence-corrected chi connectivity index (χ2v) is 25.8. The lowest BCUT2D eigenvalue weighted by Gasteiger charge is -2.43. The highest BCUT2D eigenvalue weighted by molar-refractivity contribution is 8.30. The third-order valence-corrected chi connectivity index (χ3v) is 18.7. The first-order chi connectivity index (χ1) is 42.2. The number of carbonyl (C=O) groups is 1. The summed E-state index contributed by atoms with van der Waals surface area (Å²) in [7, 11) is -3.86. The van der Waals surface area contributed by atoms with Crippen molar-refractivity contribution in [1.29, 1.82) is 0 Å². The molecule has 13 heteroatoms. The maximum atomic E-state index is 14.8. The molecule has 0 aromatic heterocycles. The molecule has 0 saturated heterocycles. The van der Waals surface area contributed by atoms with Gasteiger partial charge in [0.05, 0.1) is 59.5 Å². The van der Waals surface area contributed by atoms with Crippen LogP contribution in [0, 0.1) is 0 Å². The summed E-state index contributed by atoms with van der Waals surface area (Å²) in [6.07, 6.45) is 34.0. The molecule has 12 nitrogen and oxygen atoms in total. The summed E-state index contributed by atoms with van der Waals surface area (Å²) in [6.45, 7) is 23.5. The Morgan fingerprint density at radius 2 is 0.430 bits per heavy atom. The summed E-state index contributed by atoms with van der Waals surface area (Å²) in [5.74, 6) is 4.07. The summed E-state index contributed by atoms with van der Waals surface area (Å²) in [5.41, 5.74) is 0. The summed E-state index contributed by atoms with van der Waals surface area (Å²) in [4.78, 5) is 16.0. The molecule has 86 heavy (non-hydrogen) atoms. The summed E-state index contributed by atoms with van der Waals surface area (Å²) in [5, 5.41) is 12.0. The van der Waals surface area contributed by atoms with Gasteiger partial charge in [-0.1, -0.05) is 236 Å². The number of ether oxygens (including phenoxy) is 9. The Labute approximate surface area is 526 Å². The van der Waals surface area contributed by atoms with Crippen LogP contribution in [0.3, 0.4) is 0 Å². The van der Waals surface area contributed by atoms with E-state index in [-0.39, 0.29) is 0 Å². The monoisotopic (exact) mass is 1220 g/mol. The molecular formula is C73H124O12S. The highest BCUT2D eigenvalue weighted by Gasteiger charge is 2.50. The summed E-state index contributed by atoms with van der Waals surface area (Å²) in [6, 6.07) is 11.6. The molecule has 0 radical (unpaired) electrons. The predicted molar refractivity (Wildman–Crippen MR) is 358 cm³/mol. The van der Waals surface area contributed by atoms with Crippen molar-refractivity contribution in [2.75, 3.05) is 59.5 Å². The van der Waals surface area contributed by atoms with Crippen LogP contribution in [0.2, 0.25) is 0 Å². The van der Waals surface area contributed by atoms with E-state index in [4.69, 9.17) is 46.8 Å². The van der Waals surface area contributed by atoms with Gasteiger partial charge in [-0.3, -0.25) is 0 Å². The minimum absolute atomic E-state index is 0.351. The van der Waals surface area contributed by atoms with Gasteiger partial charge in [0.2, 0.25) is 0 Å². The molecule has 0 aliphatic heterocycles. The van der Waals surface area contributed by atoms with Crippen LogP contribution in [-0.4, -0.2) is 70.7 Å². The molecule has 0 bridgehead atoms. The summed E-state index contributed by atoms with van der Waals surface area (Å²) < 4.78 is 70.8. The zero-order valence-electron chi connectivity index (χ0n) is 56.1. The average molecular weight is 1230 g/mol. The molecule has 0 aliphatic rings. The zero-order chi connectivity index (χ0) is 62.1. The first-order valence-corrected chi connectivity index (χ1v) is 36.7. The van der Waals surface area contributed by atoms with Gasteiger partial charge in [0.1, 0.15) is 66.4 Å². The van der Waals surface area contributed by atoms with Crippen LogP contribution in [0.4, 0.5) is 4.79 Å². The number of unbranched alkanes of at least 4 members (excludes halogenated alkanes) is 27. The van der Waals surface area contributed by atoms with E-state index >= 15 is 0 Å². The van der Waals surface area contributed by atoms with E-state index in [1.807, 2.05) is 36.4 Å². The molecular weight excluding hydrogens is 1100 g/mol. The highest BCUT2D eigenvalue weighted by atomic mass is 32.3. The second-order valence-electron chi connectivity index (χ2n) is 23.3. The van der Waals surface area contributed by atoms with E-state index in [9.17, 15) is 9.90 Å². The van der Waals surface area contributed by atoms with Gasteiger partial charge in [-0.15, -0.1) is 0 Å². The van der Waals surface area contributed by atoms with Gasteiger partial charge in [-0.25, -0.2) is 4.79 Å². The van der Waals surface area contributed by atoms with Gasteiger partial charge in [0.25, 0.3) is 0 Å². The Morgan fingerprint density at radius 3 is 0.581 bits per heavy atom. The van der Waals surface area contributed by atoms with Crippen molar-refractivity contribution >= 4 is 16.5 Å². The van der Waals surface area contributed by atoms with Crippen LogP contribution in [0.15, 0.2) is 51.1 Å². The van der Waals surface area contributed by atoms with Crippen LogP contribution >= 0.6 is 10.3 Å². The van der Waals surface area contributed by atoms with Crippen molar-refractivity contribution in [3.8, 4) is 51.7 Å². The molecule has 0 fully saturated rings. The molecule has 1 N–H and O–H groups in total. The van der Waals surface area contributed by atoms with Gasteiger partial charge < -0.3 is 51.9 Å². The molecule has 0 saturated carbocycles. The van der Waals surface area contributed by atoms with Gasteiger partial charge in [-0.2, -0.15) is 0 Å². The lowest BCUT2D eigenvalue weighted by Crippen LogP contribution is -2.20. The Hall–Kier alpha value is -4.52. The normalized spacial score (nSPS) is 11.6. The van der Waals surface area contributed by atoms with Crippen molar-refractivity contribution in [2.45, 2.75) is 308 Å². The molecule has 0 amide bonds. The quantitative estimate of drug-likeness (QED) is 0.0540. The Bertz CT molecular complexity index is 1840. The van der Waals surface area contributed by atoms with Crippen LogP contribution in [0.5, 0.6) is 51.7 Å². The smallest absolute Gasteiger partial charge is 0.493 e. The van der Waals surface area contributed by atoms with Crippen LogP contribution in [-0.2, 0) is 4.18 Å². The SMILES string of the molecule is CCCCCCOc1cc(OCCCCCC)c(S(OC(=O)O)(c2c(OCCCCCC)cc(OCCCCCC)cc2OCCCCCC)c2c(OCCCCCC)cc(OCCCCCC)cc2OCCCCCC)c(OCCCCCC)c1. The molecule has 0 aliphatic carbocycles. The van der Waals surface area contributed by atoms with E-state index in [1.54, 1.807) is 0 Å². The maximum absolute atomic E-state index is 14.8. The van der Waals surface area contributed by atoms with Gasteiger partial charge in [-0.05, 0) is 57.8 Å². The number of hydrogen-bond acceptors (Lipinski definition) is 11. The fourth-order valence-corrected chi connectivity index (χ4v) is 13.8. The third-order valence-electron chi connectivity index (χ3n) is 15.4. The molecule has 0 heterocycles. The predicted octanol–water partition coefficient (Wildman–Crippen LogP) is 23.2. The number of hydrogen-bond donors (Lipinski definition) is 1. The van der Waals surface area contributed by atoms with E-state index in [2.05, 4.69) is 62.3 Å². The van der Waals surface area contributed by atoms with Crippen LogP contribution < -0.4 is 42.6 Å². The average Bonchev–Trinajstić information content (AvgIpc) is 0.719. The first-order valence-electron chi connectivity index (χ1n) is 35.2. The Balaban J connectivity index is 2.92. The fourth-order valence-electron chi connectivity index (χ4n) is 10.4. The van der Waals surface area contributed by atoms with E-state index in [0.29, 0.717) is 126 Å². The van der Waals surface area contributed by atoms with Crippen molar-refractivity contribution in [2.24, 2.45) is 0 Å². The molecule has 494 valence electrons. The van der Waals surface area contributed by atoms with Crippen molar-refractivity contribution in [1.82, 2.24) is 0 Å². The zero-order valence-corrected chi connectivity index (χ0v) is 56.9. The maximum Gasteiger partial charge on any atom is 0.517 e. The second kappa shape index (κ2) is 49.4. The van der Waals surface area contributed by atoms with E-state index in [0.717, 1.165) is 231 Å². The number of benzene rings is 3. The van der Waals surface area contributed by atoms with Crippen molar-refractivity contribution in [3.63, 3.8) is 0 Å². The highest BCUT2D eigenvalue weighted by Crippen LogP contribution is 2.80. The molecule has 0 atom stereocenters. The summed E-state index contributed by atoms with van der Waals surface area (Å²) >= 11 is 0. The minimum atomic E-state index is -3.86. The number of rotatable bonds is 58. The molecule has 3 aromatic rings. The Morgan fingerprint density at radius 1 is 0.267 bits per heavy atom. The molecule has 0 spiro atoms. The number of carboxylic acid groups (broad SMARTS) is 1. The van der Waals surface area contributed by atoms with Gasteiger partial charge in [0, 0.05) is 46.7 Å². The van der Waals surface area contributed by atoms with Gasteiger partial charge >= 0.3 is 6.16 Å². The Kier molecular flexibility index (Phi) is 43.5. The van der Waals surface area contributed by atoms with Crippen LogP contribution in [0.1, 0.15) is 293 Å². The van der Waals surface area contributed by atoms with Crippen molar-refractivity contribution in [3.05, 3.63) is 36.4 Å². The van der Waals surface area contributed by atoms with E-state index < -0.39 is 16.5 Å². The van der Waals surface area contributed by atoms with Crippen molar-refractivity contribution < 1.29 is 56.7 Å². The molecule has 3 aromatic carbocycles. The molecule has 3 rings (SSSR count). The molecule has 0 unspecified atom stereocenters. The van der Waals surface area contributed by atoms with E-state index in [1.165, 1.54) is 0 Å². The largest absolute Gasteiger partial charge is 0.517 e. The topological polar surface area (TPSA) is 130 Å². The van der Waals surface area contributed by atoms with Gasteiger partial charge in [0.15, 0.2) is 0 Å². The fraction of sp³-hybridized carbons (Fsp3) is 0.740. The van der Waals surface area contributed by atoms with Crippen LogP contribution in [0.25, 0.3) is 0 Å². The third kappa shape index (κ3) is 29.2. The lowest BCUT2D eigenvalue weighted by atomic mass is 10.2. The minimum Gasteiger partial charge on any atom is -0.493 e. The first kappa shape index (κ1) is 75.7.